The Balaban J connectivity index is 2.54. The molecule has 0 aromatic rings. The molecule has 0 aromatic heterocycles. The number of nitrogens with two attached hydrogens (primary N) is 1. The topological polar surface area (TPSA) is 98.9 Å². The number of ether oxygens (including phenoxy) is 2. The van der Waals surface area contributed by atoms with E-state index in [1.165, 1.54) is 0 Å². The second-order valence-corrected chi connectivity index (χ2v) is 4.87. The zero-order valence-electron chi connectivity index (χ0n) is 11.6. The van der Waals surface area contributed by atoms with Gasteiger partial charge in [0.15, 0.2) is 6.10 Å². The first kappa shape index (κ1) is 15.9. The number of carbonyl (C=O) groups is 2. The van der Waals surface area contributed by atoms with Crippen molar-refractivity contribution >= 4 is 11.9 Å². The Labute approximate surface area is 113 Å². The molecule has 2 atom stereocenters. The smallest absolute Gasteiger partial charge is 0.336 e. The van der Waals surface area contributed by atoms with Gasteiger partial charge < -0.3 is 20.3 Å². The number of esters is 2. The molecule has 0 amide bonds. The SMILES string of the molecule is CCCCOC(=O)C(O)C(N)C1(C(=O)OCC)CC1. The lowest BCUT2D eigenvalue weighted by atomic mass is 9.92. The van der Waals surface area contributed by atoms with Gasteiger partial charge in [0.25, 0.3) is 0 Å². The van der Waals surface area contributed by atoms with Crippen LogP contribution in [0.15, 0.2) is 0 Å². The highest BCUT2D eigenvalue weighted by molar-refractivity contribution is 5.84. The van der Waals surface area contributed by atoms with E-state index in [1.807, 2.05) is 6.92 Å². The molecule has 19 heavy (non-hydrogen) atoms. The molecule has 1 aliphatic rings. The van der Waals surface area contributed by atoms with Gasteiger partial charge >= 0.3 is 11.9 Å². The van der Waals surface area contributed by atoms with Crippen LogP contribution in [0.2, 0.25) is 0 Å². The minimum absolute atomic E-state index is 0.254. The van der Waals surface area contributed by atoms with Gasteiger partial charge in [-0.1, -0.05) is 13.3 Å². The first-order chi connectivity index (χ1) is 8.99. The van der Waals surface area contributed by atoms with Crippen LogP contribution in [0.5, 0.6) is 0 Å². The first-order valence-corrected chi connectivity index (χ1v) is 6.77. The van der Waals surface area contributed by atoms with Gasteiger partial charge in [0.1, 0.15) is 0 Å². The van der Waals surface area contributed by atoms with Gasteiger partial charge in [-0.3, -0.25) is 4.79 Å². The summed E-state index contributed by atoms with van der Waals surface area (Å²) in [6.07, 6.45) is 1.21. The van der Waals surface area contributed by atoms with E-state index in [-0.39, 0.29) is 13.2 Å². The highest BCUT2D eigenvalue weighted by Crippen LogP contribution is 2.50. The molecule has 0 aliphatic heterocycles. The fourth-order valence-electron chi connectivity index (χ4n) is 1.93. The van der Waals surface area contributed by atoms with Crippen LogP contribution in [0, 0.1) is 5.41 Å². The molecule has 1 saturated carbocycles. The van der Waals surface area contributed by atoms with Gasteiger partial charge in [-0.05, 0) is 26.2 Å². The molecule has 1 fully saturated rings. The van der Waals surface area contributed by atoms with Crippen molar-refractivity contribution in [2.75, 3.05) is 13.2 Å². The lowest BCUT2D eigenvalue weighted by Gasteiger charge is -2.24. The Hall–Kier alpha value is -1.14. The number of aliphatic hydroxyl groups excluding tert-OH is 1. The normalized spacial score (nSPS) is 19.4. The van der Waals surface area contributed by atoms with Crippen molar-refractivity contribution in [3.05, 3.63) is 0 Å². The molecule has 1 rings (SSSR count). The van der Waals surface area contributed by atoms with E-state index in [4.69, 9.17) is 15.2 Å². The Morgan fingerprint density at radius 2 is 1.95 bits per heavy atom. The number of rotatable bonds is 8. The van der Waals surface area contributed by atoms with Crippen LogP contribution in [-0.2, 0) is 19.1 Å². The van der Waals surface area contributed by atoms with Gasteiger partial charge in [-0.2, -0.15) is 0 Å². The molecule has 0 aromatic carbocycles. The maximum Gasteiger partial charge on any atom is 0.336 e. The zero-order valence-corrected chi connectivity index (χ0v) is 11.6. The highest BCUT2D eigenvalue weighted by atomic mass is 16.5. The maximum atomic E-state index is 11.8. The van der Waals surface area contributed by atoms with E-state index in [2.05, 4.69) is 0 Å². The van der Waals surface area contributed by atoms with Crippen molar-refractivity contribution in [1.29, 1.82) is 0 Å². The van der Waals surface area contributed by atoms with Gasteiger partial charge in [0, 0.05) is 0 Å². The minimum atomic E-state index is -1.48. The molecule has 2 unspecified atom stereocenters. The minimum Gasteiger partial charge on any atom is -0.466 e. The molecular formula is C13H23NO5. The quantitative estimate of drug-likeness (QED) is 0.489. The van der Waals surface area contributed by atoms with Crippen LogP contribution in [0.25, 0.3) is 0 Å². The molecule has 0 bridgehead atoms. The molecular weight excluding hydrogens is 250 g/mol. The Morgan fingerprint density at radius 1 is 1.32 bits per heavy atom. The largest absolute Gasteiger partial charge is 0.466 e. The van der Waals surface area contributed by atoms with Crippen molar-refractivity contribution in [3.8, 4) is 0 Å². The second kappa shape index (κ2) is 6.86. The van der Waals surface area contributed by atoms with E-state index in [1.54, 1.807) is 6.92 Å². The summed E-state index contributed by atoms with van der Waals surface area (Å²) in [5, 5.41) is 9.87. The van der Waals surface area contributed by atoms with E-state index < -0.39 is 29.5 Å². The monoisotopic (exact) mass is 273 g/mol. The fraction of sp³-hybridized carbons (Fsp3) is 0.846. The average molecular weight is 273 g/mol. The van der Waals surface area contributed by atoms with Crippen LogP contribution in [-0.4, -0.2) is 42.4 Å². The van der Waals surface area contributed by atoms with Crippen molar-refractivity contribution in [2.24, 2.45) is 11.1 Å². The van der Waals surface area contributed by atoms with Crippen LogP contribution < -0.4 is 5.73 Å². The van der Waals surface area contributed by atoms with E-state index in [9.17, 15) is 14.7 Å². The summed E-state index contributed by atoms with van der Waals surface area (Å²) in [5.41, 5.74) is 4.92. The van der Waals surface area contributed by atoms with Crippen molar-refractivity contribution in [2.45, 2.75) is 51.7 Å². The number of carbonyl (C=O) groups excluding carboxylic acids is 2. The Kier molecular flexibility index (Phi) is 5.75. The summed E-state index contributed by atoms with van der Waals surface area (Å²) in [7, 11) is 0. The molecule has 0 saturated heterocycles. The summed E-state index contributed by atoms with van der Waals surface area (Å²) >= 11 is 0. The number of hydrogen-bond donors (Lipinski definition) is 2. The summed E-state index contributed by atoms with van der Waals surface area (Å²) in [6, 6.07) is -0.972. The molecule has 3 N–H and O–H groups in total. The van der Waals surface area contributed by atoms with E-state index >= 15 is 0 Å². The van der Waals surface area contributed by atoms with Gasteiger partial charge in [0.2, 0.25) is 0 Å². The summed E-state index contributed by atoms with van der Waals surface area (Å²) < 4.78 is 9.84. The average Bonchev–Trinajstić information content (AvgIpc) is 3.19. The molecule has 6 heteroatoms. The van der Waals surface area contributed by atoms with Crippen LogP contribution in [0.1, 0.15) is 39.5 Å². The number of hydrogen-bond acceptors (Lipinski definition) is 6. The summed E-state index contributed by atoms with van der Waals surface area (Å²) in [5.74, 6) is -1.21. The third-order valence-corrected chi connectivity index (χ3v) is 3.43. The molecule has 0 heterocycles. The van der Waals surface area contributed by atoms with Crippen LogP contribution in [0.3, 0.4) is 0 Å². The van der Waals surface area contributed by atoms with Gasteiger partial charge in [-0.25, -0.2) is 4.79 Å². The fourth-order valence-corrected chi connectivity index (χ4v) is 1.93. The lowest BCUT2D eigenvalue weighted by Crippen LogP contribution is -2.50. The molecule has 0 radical (unpaired) electrons. The van der Waals surface area contributed by atoms with E-state index in [0.29, 0.717) is 12.8 Å². The molecule has 6 nitrogen and oxygen atoms in total. The summed E-state index contributed by atoms with van der Waals surface area (Å²) in [4.78, 5) is 23.4. The molecule has 0 spiro atoms. The Morgan fingerprint density at radius 3 is 2.42 bits per heavy atom. The maximum absolute atomic E-state index is 11.8. The predicted molar refractivity (Wildman–Crippen MR) is 68.1 cm³/mol. The lowest BCUT2D eigenvalue weighted by molar-refractivity contribution is -0.160. The predicted octanol–water partition coefficient (Wildman–Crippen LogP) is 0.361. The van der Waals surface area contributed by atoms with Crippen molar-refractivity contribution < 1.29 is 24.2 Å². The molecule has 1 aliphatic carbocycles. The van der Waals surface area contributed by atoms with Crippen LogP contribution in [0.4, 0.5) is 0 Å². The van der Waals surface area contributed by atoms with Gasteiger partial charge in [0.05, 0.1) is 24.7 Å². The Bertz CT molecular complexity index is 327. The van der Waals surface area contributed by atoms with Crippen LogP contribution >= 0.6 is 0 Å². The highest BCUT2D eigenvalue weighted by Gasteiger charge is 2.59. The second-order valence-electron chi connectivity index (χ2n) is 4.87. The zero-order chi connectivity index (χ0) is 14.5. The summed E-state index contributed by atoms with van der Waals surface area (Å²) in [6.45, 7) is 4.18. The van der Waals surface area contributed by atoms with Crippen molar-refractivity contribution in [3.63, 3.8) is 0 Å². The molecule has 110 valence electrons. The van der Waals surface area contributed by atoms with Gasteiger partial charge in [-0.15, -0.1) is 0 Å². The number of aliphatic hydroxyl groups is 1. The standard InChI is InChI=1S/C13H23NO5/c1-3-5-8-19-11(16)9(15)10(14)13(6-7-13)12(17)18-4-2/h9-10,15H,3-8,14H2,1-2H3. The first-order valence-electron chi connectivity index (χ1n) is 6.77. The third-order valence-electron chi connectivity index (χ3n) is 3.43. The number of unbranched alkanes of at least 4 members (excludes halogenated alkanes) is 1. The van der Waals surface area contributed by atoms with Crippen molar-refractivity contribution in [1.82, 2.24) is 0 Å². The van der Waals surface area contributed by atoms with E-state index in [0.717, 1.165) is 12.8 Å². The third kappa shape index (κ3) is 3.67.